The first-order valence-corrected chi connectivity index (χ1v) is 7.28. The largest absolute Gasteiger partial charge is 0.389 e. The zero-order valence-electron chi connectivity index (χ0n) is 12.2. The summed E-state index contributed by atoms with van der Waals surface area (Å²) < 4.78 is 0. The molecule has 4 heteroatoms. The first-order valence-electron chi connectivity index (χ1n) is 7.28. The molecule has 1 aliphatic rings. The Kier molecular flexibility index (Phi) is 4.77. The van der Waals surface area contributed by atoms with Crippen molar-refractivity contribution in [2.45, 2.75) is 39.3 Å². The zero-order valence-corrected chi connectivity index (χ0v) is 12.2. The molecule has 1 aliphatic heterocycles. The number of pyridine rings is 1. The first-order chi connectivity index (χ1) is 9.15. The van der Waals surface area contributed by atoms with Crippen LogP contribution in [0.1, 0.15) is 38.9 Å². The number of aromatic nitrogens is 1. The monoisotopic (exact) mass is 263 g/mol. The molecule has 0 aliphatic carbocycles. The normalized spacial score (nSPS) is 21.1. The van der Waals surface area contributed by atoms with Gasteiger partial charge in [-0.05, 0) is 38.1 Å². The van der Waals surface area contributed by atoms with Crippen LogP contribution in [-0.4, -0.2) is 47.2 Å². The molecule has 0 amide bonds. The molecule has 1 aromatic heterocycles. The van der Waals surface area contributed by atoms with Gasteiger partial charge in [0.15, 0.2) is 0 Å². The Morgan fingerprint density at radius 1 is 1.42 bits per heavy atom. The fourth-order valence-corrected chi connectivity index (χ4v) is 2.82. The molecule has 0 bridgehead atoms. The lowest BCUT2D eigenvalue weighted by atomic mass is 10.2. The summed E-state index contributed by atoms with van der Waals surface area (Å²) in [6.07, 6.45) is 2.55. The molecule has 2 atom stereocenters. The number of rotatable bonds is 5. The van der Waals surface area contributed by atoms with Gasteiger partial charge < -0.3 is 10.0 Å². The summed E-state index contributed by atoms with van der Waals surface area (Å²) in [5.74, 6) is 1.03. The predicted molar refractivity (Wildman–Crippen MR) is 78.4 cm³/mol. The lowest BCUT2D eigenvalue weighted by molar-refractivity contribution is 0.199. The van der Waals surface area contributed by atoms with Gasteiger partial charge in [0.2, 0.25) is 0 Å². The standard InChI is InChI=1S/C15H25N3O/c1-4-17(5-2)14-8-9-18(11-14)15-7-6-13(10-16-15)12(3)19/h6-7,10,12,14,19H,4-5,8-9,11H2,1-3H3/t12-,14?/m0/s1. The van der Waals surface area contributed by atoms with Gasteiger partial charge in [-0.15, -0.1) is 0 Å². The van der Waals surface area contributed by atoms with E-state index in [9.17, 15) is 5.11 Å². The fourth-order valence-electron chi connectivity index (χ4n) is 2.82. The maximum Gasteiger partial charge on any atom is 0.128 e. The number of likely N-dealkylation sites (N-methyl/N-ethyl adjacent to an activating group) is 1. The Balaban J connectivity index is 2.00. The Labute approximate surface area is 116 Å². The molecule has 1 aromatic rings. The average Bonchev–Trinajstić information content (AvgIpc) is 2.90. The zero-order chi connectivity index (χ0) is 13.8. The van der Waals surface area contributed by atoms with Crippen molar-refractivity contribution in [1.82, 2.24) is 9.88 Å². The molecular formula is C15H25N3O. The van der Waals surface area contributed by atoms with E-state index in [1.807, 2.05) is 12.1 Å². The minimum atomic E-state index is -0.441. The minimum Gasteiger partial charge on any atom is -0.389 e. The van der Waals surface area contributed by atoms with E-state index in [0.29, 0.717) is 6.04 Å². The van der Waals surface area contributed by atoms with Crippen LogP contribution < -0.4 is 4.90 Å². The smallest absolute Gasteiger partial charge is 0.128 e. The van der Waals surface area contributed by atoms with Gasteiger partial charge in [0.25, 0.3) is 0 Å². The highest BCUT2D eigenvalue weighted by molar-refractivity contribution is 5.41. The highest BCUT2D eigenvalue weighted by atomic mass is 16.3. The van der Waals surface area contributed by atoms with Crippen molar-refractivity contribution in [3.05, 3.63) is 23.9 Å². The van der Waals surface area contributed by atoms with Crippen molar-refractivity contribution in [3.8, 4) is 0 Å². The van der Waals surface area contributed by atoms with E-state index in [4.69, 9.17) is 0 Å². The van der Waals surface area contributed by atoms with Gasteiger partial charge >= 0.3 is 0 Å². The lowest BCUT2D eigenvalue weighted by Gasteiger charge is -2.26. The molecule has 0 aromatic carbocycles. The number of aliphatic hydroxyl groups excluding tert-OH is 1. The molecule has 1 N–H and O–H groups in total. The van der Waals surface area contributed by atoms with Crippen LogP contribution in [0.25, 0.3) is 0 Å². The van der Waals surface area contributed by atoms with Crippen molar-refractivity contribution in [2.75, 3.05) is 31.1 Å². The number of hydrogen-bond donors (Lipinski definition) is 1. The van der Waals surface area contributed by atoms with E-state index < -0.39 is 6.10 Å². The van der Waals surface area contributed by atoms with Crippen LogP contribution in [0, 0.1) is 0 Å². The summed E-state index contributed by atoms with van der Waals surface area (Å²) in [6, 6.07) is 4.64. The molecule has 1 unspecified atom stereocenters. The molecule has 106 valence electrons. The molecule has 1 saturated heterocycles. The van der Waals surface area contributed by atoms with Gasteiger partial charge in [-0.25, -0.2) is 4.98 Å². The van der Waals surface area contributed by atoms with E-state index in [0.717, 1.165) is 37.6 Å². The molecular weight excluding hydrogens is 238 g/mol. The second-order valence-corrected chi connectivity index (χ2v) is 5.24. The minimum absolute atomic E-state index is 0.441. The van der Waals surface area contributed by atoms with E-state index >= 15 is 0 Å². The third kappa shape index (κ3) is 3.25. The van der Waals surface area contributed by atoms with Crippen LogP contribution in [0.5, 0.6) is 0 Å². The van der Waals surface area contributed by atoms with E-state index in [-0.39, 0.29) is 0 Å². The van der Waals surface area contributed by atoms with E-state index in [1.165, 1.54) is 6.42 Å². The highest BCUT2D eigenvalue weighted by Gasteiger charge is 2.26. The number of anilines is 1. The summed E-state index contributed by atoms with van der Waals surface area (Å²) in [5, 5.41) is 9.50. The quantitative estimate of drug-likeness (QED) is 0.882. The van der Waals surface area contributed by atoms with Crippen molar-refractivity contribution >= 4 is 5.82 Å². The van der Waals surface area contributed by atoms with Crippen LogP contribution in [0.3, 0.4) is 0 Å². The lowest BCUT2D eigenvalue weighted by Crippen LogP contribution is -2.37. The summed E-state index contributed by atoms with van der Waals surface area (Å²) in [5.41, 5.74) is 0.878. The molecule has 0 spiro atoms. The van der Waals surface area contributed by atoms with Gasteiger partial charge in [-0.1, -0.05) is 19.9 Å². The Hall–Kier alpha value is -1.13. The molecule has 2 rings (SSSR count). The van der Waals surface area contributed by atoms with Crippen LogP contribution in [0.4, 0.5) is 5.82 Å². The summed E-state index contributed by atoms with van der Waals surface area (Å²) >= 11 is 0. The van der Waals surface area contributed by atoms with Crippen LogP contribution in [0.2, 0.25) is 0 Å². The number of hydrogen-bond acceptors (Lipinski definition) is 4. The number of nitrogens with zero attached hydrogens (tertiary/aromatic N) is 3. The highest BCUT2D eigenvalue weighted by Crippen LogP contribution is 2.22. The second kappa shape index (κ2) is 6.35. The average molecular weight is 263 g/mol. The Morgan fingerprint density at radius 2 is 2.16 bits per heavy atom. The third-order valence-electron chi connectivity index (χ3n) is 4.07. The second-order valence-electron chi connectivity index (χ2n) is 5.24. The van der Waals surface area contributed by atoms with Gasteiger partial charge in [0.1, 0.15) is 5.82 Å². The van der Waals surface area contributed by atoms with Crippen LogP contribution in [0.15, 0.2) is 18.3 Å². The van der Waals surface area contributed by atoms with Crippen molar-refractivity contribution < 1.29 is 5.11 Å². The summed E-state index contributed by atoms with van der Waals surface area (Å²) in [6.45, 7) is 10.6. The summed E-state index contributed by atoms with van der Waals surface area (Å²) in [4.78, 5) is 9.33. The molecule has 1 fully saturated rings. The van der Waals surface area contributed by atoms with Crippen LogP contribution in [-0.2, 0) is 0 Å². The molecule has 4 nitrogen and oxygen atoms in total. The molecule has 0 radical (unpaired) electrons. The maximum absolute atomic E-state index is 9.50. The topological polar surface area (TPSA) is 39.6 Å². The predicted octanol–water partition coefficient (Wildman–Crippen LogP) is 2.06. The molecule has 2 heterocycles. The first kappa shape index (κ1) is 14.3. The van der Waals surface area contributed by atoms with Crippen molar-refractivity contribution in [2.24, 2.45) is 0 Å². The maximum atomic E-state index is 9.50. The molecule has 0 saturated carbocycles. The number of aliphatic hydroxyl groups is 1. The van der Waals surface area contributed by atoms with Gasteiger partial charge in [-0.3, -0.25) is 4.90 Å². The van der Waals surface area contributed by atoms with Crippen LogP contribution >= 0.6 is 0 Å². The van der Waals surface area contributed by atoms with Gasteiger partial charge in [0.05, 0.1) is 6.10 Å². The molecule has 19 heavy (non-hydrogen) atoms. The van der Waals surface area contributed by atoms with E-state index in [1.54, 1.807) is 13.1 Å². The Bertz CT molecular complexity index is 387. The fraction of sp³-hybridized carbons (Fsp3) is 0.667. The van der Waals surface area contributed by atoms with Gasteiger partial charge in [-0.2, -0.15) is 0 Å². The SMILES string of the molecule is CCN(CC)C1CCN(c2ccc([C@H](C)O)cn2)C1. The van der Waals surface area contributed by atoms with E-state index in [2.05, 4.69) is 28.6 Å². The Morgan fingerprint density at radius 3 is 2.68 bits per heavy atom. The third-order valence-corrected chi connectivity index (χ3v) is 4.07. The van der Waals surface area contributed by atoms with Gasteiger partial charge in [0, 0.05) is 25.3 Å². The summed E-state index contributed by atoms with van der Waals surface area (Å²) in [7, 11) is 0. The van der Waals surface area contributed by atoms with Crippen molar-refractivity contribution in [1.29, 1.82) is 0 Å². The van der Waals surface area contributed by atoms with Crippen molar-refractivity contribution in [3.63, 3.8) is 0 Å².